The van der Waals surface area contributed by atoms with Crippen LogP contribution < -0.4 is 15.0 Å². The van der Waals surface area contributed by atoms with Crippen molar-refractivity contribution in [2.45, 2.75) is 13.8 Å². The number of ether oxygens (including phenoxy) is 1. The lowest BCUT2D eigenvalue weighted by atomic mass is 10.0. The van der Waals surface area contributed by atoms with Gasteiger partial charge >= 0.3 is 0 Å². The highest BCUT2D eigenvalue weighted by Gasteiger charge is 2.40. The Hall–Kier alpha value is -3.57. The lowest BCUT2D eigenvalue weighted by Crippen LogP contribution is -2.33. The van der Waals surface area contributed by atoms with Crippen LogP contribution in [0.25, 0.3) is 5.57 Å². The molecule has 2 amide bonds. The first kappa shape index (κ1) is 20.7. The van der Waals surface area contributed by atoms with Crippen molar-refractivity contribution in [2.24, 2.45) is 0 Å². The lowest BCUT2D eigenvalue weighted by Gasteiger charge is -2.18. The van der Waals surface area contributed by atoms with Crippen LogP contribution in [0.15, 0.2) is 72.4 Å². The Kier molecular flexibility index (Phi) is 5.53. The predicted octanol–water partition coefficient (Wildman–Crippen LogP) is 5.36. The number of hydrogen-bond donors (Lipinski definition) is 1. The molecule has 0 saturated carbocycles. The van der Waals surface area contributed by atoms with Crippen molar-refractivity contribution < 1.29 is 14.3 Å². The monoisotopic (exact) mass is 432 g/mol. The zero-order valence-corrected chi connectivity index (χ0v) is 18.2. The first-order chi connectivity index (χ1) is 14.9. The number of aryl methyl sites for hydroxylation is 2. The van der Waals surface area contributed by atoms with E-state index in [4.69, 9.17) is 16.3 Å². The van der Waals surface area contributed by atoms with Crippen molar-refractivity contribution in [3.8, 4) is 5.75 Å². The summed E-state index contributed by atoms with van der Waals surface area (Å²) in [5.41, 5.74) is 4.29. The highest BCUT2D eigenvalue weighted by molar-refractivity contribution is 6.46. The lowest BCUT2D eigenvalue weighted by molar-refractivity contribution is -0.120. The van der Waals surface area contributed by atoms with Gasteiger partial charge in [0.1, 0.15) is 11.4 Å². The smallest absolute Gasteiger partial charge is 0.282 e. The molecule has 6 heteroatoms. The third kappa shape index (κ3) is 3.92. The number of imide groups is 1. The second kappa shape index (κ2) is 8.28. The molecule has 0 bridgehead atoms. The maximum Gasteiger partial charge on any atom is 0.282 e. The van der Waals surface area contributed by atoms with E-state index in [1.807, 2.05) is 26.0 Å². The number of hydrogen-bond acceptors (Lipinski definition) is 4. The van der Waals surface area contributed by atoms with Crippen LogP contribution in [0.5, 0.6) is 5.75 Å². The van der Waals surface area contributed by atoms with E-state index in [0.717, 1.165) is 11.1 Å². The molecule has 0 atom stereocenters. The van der Waals surface area contributed by atoms with Gasteiger partial charge in [-0.3, -0.25) is 9.59 Å². The topological polar surface area (TPSA) is 58.6 Å². The van der Waals surface area contributed by atoms with E-state index < -0.39 is 5.91 Å². The Bertz CT molecular complexity index is 1200. The fourth-order valence-corrected chi connectivity index (χ4v) is 3.75. The van der Waals surface area contributed by atoms with Gasteiger partial charge in [-0.15, -0.1) is 0 Å². The maximum atomic E-state index is 13.5. The number of benzene rings is 3. The van der Waals surface area contributed by atoms with Gasteiger partial charge in [-0.1, -0.05) is 41.4 Å². The molecule has 31 heavy (non-hydrogen) atoms. The average molecular weight is 433 g/mol. The van der Waals surface area contributed by atoms with E-state index in [1.54, 1.807) is 61.7 Å². The molecule has 0 fully saturated rings. The van der Waals surface area contributed by atoms with Crippen LogP contribution >= 0.6 is 11.6 Å². The summed E-state index contributed by atoms with van der Waals surface area (Å²) < 4.78 is 5.20. The van der Waals surface area contributed by atoms with Gasteiger partial charge in [-0.05, 0) is 67.4 Å². The van der Waals surface area contributed by atoms with Crippen LogP contribution in [0.3, 0.4) is 0 Å². The van der Waals surface area contributed by atoms with Gasteiger partial charge in [0, 0.05) is 10.7 Å². The molecule has 0 aliphatic carbocycles. The summed E-state index contributed by atoms with van der Waals surface area (Å²) >= 11 is 6.03. The van der Waals surface area contributed by atoms with Crippen LogP contribution in [-0.4, -0.2) is 18.9 Å². The molecule has 156 valence electrons. The van der Waals surface area contributed by atoms with E-state index in [1.165, 1.54) is 4.90 Å². The van der Waals surface area contributed by atoms with Crippen molar-refractivity contribution in [2.75, 3.05) is 17.3 Å². The fourth-order valence-electron chi connectivity index (χ4n) is 3.62. The molecular formula is C25H21ClN2O3. The molecule has 0 spiro atoms. The van der Waals surface area contributed by atoms with Gasteiger partial charge < -0.3 is 10.1 Å². The van der Waals surface area contributed by atoms with Crippen LogP contribution in [0, 0.1) is 13.8 Å². The average Bonchev–Trinajstić information content (AvgIpc) is 2.99. The van der Waals surface area contributed by atoms with Crippen molar-refractivity contribution in [1.82, 2.24) is 0 Å². The zero-order valence-electron chi connectivity index (χ0n) is 17.4. The van der Waals surface area contributed by atoms with E-state index in [0.29, 0.717) is 33.3 Å². The first-order valence-corrected chi connectivity index (χ1v) is 10.1. The molecule has 3 aromatic rings. The van der Waals surface area contributed by atoms with Gasteiger partial charge in [0.15, 0.2) is 0 Å². The number of nitrogens with one attached hydrogen (secondary N) is 1. The largest absolute Gasteiger partial charge is 0.497 e. The van der Waals surface area contributed by atoms with E-state index in [-0.39, 0.29) is 11.6 Å². The number of carbonyl (C=O) groups excluding carboxylic acids is 2. The number of methoxy groups -OCH3 is 1. The summed E-state index contributed by atoms with van der Waals surface area (Å²) in [5.74, 6) is -0.0869. The fraction of sp³-hybridized carbons (Fsp3) is 0.120. The number of halogens is 1. The molecule has 0 aromatic heterocycles. The molecule has 0 radical (unpaired) electrons. The SMILES string of the molecule is COc1ccc(NC2=C(c3ccc(Cl)cc3)C(=O)N(c3ccc(C)cc3C)C2=O)cc1. The third-order valence-corrected chi connectivity index (χ3v) is 5.42. The zero-order chi connectivity index (χ0) is 22.1. The normalized spacial score (nSPS) is 13.7. The minimum Gasteiger partial charge on any atom is -0.497 e. The minimum absolute atomic E-state index is 0.220. The number of carbonyl (C=O) groups is 2. The molecule has 0 unspecified atom stereocenters. The van der Waals surface area contributed by atoms with Crippen LogP contribution in [-0.2, 0) is 9.59 Å². The Labute approximate surface area is 185 Å². The summed E-state index contributed by atoms with van der Waals surface area (Å²) in [7, 11) is 1.59. The predicted molar refractivity (Wildman–Crippen MR) is 123 cm³/mol. The van der Waals surface area contributed by atoms with Gasteiger partial charge in [0.2, 0.25) is 0 Å². The number of nitrogens with zero attached hydrogens (tertiary/aromatic N) is 1. The molecule has 3 aromatic carbocycles. The van der Waals surface area contributed by atoms with Gasteiger partial charge in [-0.2, -0.15) is 0 Å². The van der Waals surface area contributed by atoms with Crippen molar-refractivity contribution in [3.05, 3.63) is 94.1 Å². The maximum absolute atomic E-state index is 13.5. The Morgan fingerprint density at radius 3 is 2.16 bits per heavy atom. The standard InChI is InChI=1S/C25H21ClN2O3/c1-15-4-13-21(16(2)14-15)28-24(29)22(17-5-7-18(26)8-6-17)23(25(28)30)27-19-9-11-20(31-3)12-10-19/h4-14,27H,1-3H3. The highest BCUT2D eigenvalue weighted by atomic mass is 35.5. The van der Waals surface area contributed by atoms with Crippen LogP contribution in [0.1, 0.15) is 16.7 Å². The number of rotatable bonds is 5. The second-order valence-corrected chi connectivity index (χ2v) is 7.78. The van der Waals surface area contributed by atoms with Gasteiger partial charge in [0.25, 0.3) is 11.8 Å². The third-order valence-electron chi connectivity index (χ3n) is 5.17. The summed E-state index contributed by atoms with van der Waals surface area (Å²) in [6.45, 7) is 3.86. The van der Waals surface area contributed by atoms with Crippen molar-refractivity contribution in [1.29, 1.82) is 0 Å². The van der Waals surface area contributed by atoms with Crippen LogP contribution in [0.4, 0.5) is 11.4 Å². The molecule has 1 heterocycles. The number of anilines is 2. The van der Waals surface area contributed by atoms with Gasteiger partial charge in [-0.25, -0.2) is 4.90 Å². The molecule has 1 aliphatic rings. The Morgan fingerprint density at radius 1 is 0.871 bits per heavy atom. The van der Waals surface area contributed by atoms with E-state index >= 15 is 0 Å². The molecule has 1 aliphatic heterocycles. The molecule has 0 saturated heterocycles. The Balaban J connectivity index is 1.81. The number of amides is 2. The molecular weight excluding hydrogens is 412 g/mol. The molecule has 1 N–H and O–H groups in total. The van der Waals surface area contributed by atoms with E-state index in [9.17, 15) is 9.59 Å². The summed E-state index contributed by atoms with van der Waals surface area (Å²) in [6, 6.07) is 19.7. The second-order valence-electron chi connectivity index (χ2n) is 7.35. The summed E-state index contributed by atoms with van der Waals surface area (Å²) in [5, 5.41) is 3.70. The quantitative estimate of drug-likeness (QED) is 0.551. The highest BCUT2D eigenvalue weighted by Crippen LogP contribution is 2.35. The van der Waals surface area contributed by atoms with Crippen molar-refractivity contribution in [3.63, 3.8) is 0 Å². The first-order valence-electron chi connectivity index (χ1n) is 9.76. The van der Waals surface area contributed by atoms with E-state index in [2.05, 4.69) is 5.32 Å². The van der Waals surface area contributed by atoms with Crippen LogP contribution in [0.2, 0.25) is 5.02 Å². The van der Waals surface area contributed by atoms with Crippen molar-refractivity contribution >= 4 is 40.4 Å². The Morgan fingerprint density at radius 2 is 1.55 bits per heavy atom. The minimum atomic E-state index is -0.405. The molecule has 4 rings (SSSR count). The molecule has 5 nitrogen and oxygen atoms in total. The summed E-state index contributed by atoms with van der Waals surface area (Å²) in [6.07, 6.45) is 0. The van der Waals surface area contributed by atoms with Gasteiger partial charge in [0.05, 0.1) is 18.4 Å². The summed E-state index contributed by atoms with van der Waals surface area (Å²) in [4.78, 5) is 28.2.